The van der Waals surface area contributed by atoms with Gasteiger partial charge in [0.05, 0.1) is 19.0 Å². The van der Waals surface area contributed by atoms with Gasteiger partial charge in [-0.05, 0) is 17.7 Å². The van der Waals surface area contributed by atoms with Crippen LogP contribution < -0.4 is 9.64 Å². The van der Waals surface area contributed by atoms with Crippen LogP contribution in [0.4, 0.5) is 5.69 Å². The molecule has 0 bridgehead atoms. The lowest BCUT2D eigenvalue weighted by atomic mass is 10.2. The fourth-order valence-electron chi connectivity index (χ4n) is 2.69. The first-order chi connectivity index (χ1) is 11.3. The van der Waals surface area contributed by atoms with Crippen LogP contribution in [0.5, 0.6) is 5.88 Å². The Labute approximate surface area is 136 Å². The van der Waals surface area contributed by atoms with Gasteiger partial charge in [0.1, 0.15) is 11.8 Å². The molecular formula is C17H19N5O. The number of pyridine rings is 2. The summed E-state index contributed by atoms with van der Waals surface area (Å²) in [5, 5.41) is 8.80. The predicted octanol–water partition coefficient (Wildman–Crippen LogP) is 1.68. The molecule has 0 spiro atoms. The van der Waals surface area contributed by atoms with Crippen molar-refractivity contribution in [2.24, 2.45) is 0 Å². The van der Waals surface area contributed by atoms with Crippen LogP contribution in [0.1, 0.15) is 11.3 Å². The summed E-state index contributed by atoms with van der Waals surface area (Å²) in [6.07, 6.45) is 3.65. The van der Waals surface area contributed by atoms with Crippen molar-refractivity contribution < 1.29 is 4.74 Å². The summed E-state index contributed by atoms with van der Waals surface area (Å²) in [5.41, 5.74) is 2.73. The summed E-state index contributed by atoms with van der Waals surface area (Å²) in [7, 11) is 1.62. The van der Waals surface area contributed by atoms with Crippen molar-refractivity contribution in [1.82, 2.24) is 14.9 Å². The number of piperazine rings is 1. The SMILES string of the molecule is COc1ccc(CN2CCN(c3ccc(C#N)nc3)CC2)cn1. The average molecular weight is 309 g/mol. The van der Waals surface area contributed by atoms with Crippen LogP contribution in [0.25, 0.3) is 0 Å². The third-order valence-electron chi connectivity index (χ3n) is 4.01. The molecule has 118 valence electrons. The maximum atomic E-state index is 8.80. The van der Waals surface area contributed by atoms with E-state index >= 15 is 0 Å². The number of hydrogen-bond donors (Lipinski definition) is 0. The van der Waals surface area contributed by atoms with Crippen molar-refractivity contribution in [3.63, 3.8) is 0 Å². The van der Waals surface area contributed by atoms with Gasteiger partial charge in [0, 0.05) is 45.0 Å². The molecular weight excluding hydrogens is 290 g/mol. The van der Waals surface area contributed by atoms with Gasteiger partial charge in [-0.1, -0.05) is 6.07 Å². The van der Waals surface area contributed by atoms with Crippen LogP contribution in [0.3, 0.4) is 0 Å². The minimum absolute atomic E-state index is 0.458. The summed E-state index contributed by atoms with van der Waals surface area (Å²) in [4.78, 5) is 13.1. The Morgan fingerprint density at radius 3 is 2.48 bits per heavy atom. The van der Waals surface area contributed by atoms with E-state index in [4.69, 9.17) is 10.00 Å². The molecule has 0 saturated carbocycles. The van der Waals surface area contributed by atoms with Crippen LogP contribution in [-0.4, -0.2) is 48.2 Å². The second-order valence-corrected chi connectivity index (χ2v) is 5.49. The molecule has 23 heavy (non-hydrogen) atoms. The van der Waals surface area contributed by atoms with Crippen molar-refractivity contribution >= 4 is 5.69 Å². The molecule has 0 atom stereocenters. The lowest BCUT2D eigenvalue weighted by Gasteiger charge is -2.35. The molecule has 1 aliphatic rings. The second-order valence-electron chi connectivity index (χ2n) is 5.49. The van der Waals surface area contributed by atoms with Gasteiger partial charge in [0.2, 0.25) is 5.88 Å². The number of methoxy groups -OCH3 is 1. The number of hydrogen-bond acceptors (Lipinski definition) is 6. The molecule has 6 nitrogen and oxygen atoms in total. The normalized spacial score (nSPS) is 15.2. The molecule has 1 saturated heterocycles. The molecule has 3 heterocycles. The van der Waals surface area contributed by atoms with Gasteiger partial charge < -0.3 is 9.64 Å². The minimum Gasteiger partial charge on any atom is -0.481 e. The van der Waals surface area contributed by atoms with E-state index in [1.807, 2.05) is 24.4 Å². The van der Waals surface area contributed by atoms with Crippen molar-refractivity contribution in [2.45, 2.75) is 6.54 Å². The summed E-state index contributed by atoms with van der Waals surface area (Å²) in [6, 6.07) is 9.74. The smallest absolute Gasteiger partial charge is 0.212 e. The number of ether oxygens (including phenoxy) is 1. The standard InChI is InChI=1S/C17H19N5O/c1-23-17-5-2-14(11-20-17)13-21-6-8-22(9-7-21)16-4-3-15(10-18)19-12-16/h2-5,11-12H,6-9,13H2,1H3. The van der Waals surface area contributed by atoms with Gasteiger partial charge in [-0.3, -0.25) is 4.90 Å². The fourth-order valence-corrected chi connectivity index (χ4v) is 2.69. The van der Waals surface area contributed by atoms with Gasteiger partial charge in [0.15, 0.2) is 0 Å². The maximum absolute atomic E-state index is 8.80. The third kappa shape index (κ3) is 3.76. The lowest BCUT2D eigenvalue weighted by Crippen LogP contribution is -2.46. The quantitative estimate of drug-likeness (QED) is 0.856. The Morgan fingerprint density at radius 2 is 1.91 bits per heavy atom. The van der Waals surface area contributed by atoms with E-state index in [1.165, 1.54) is 5.56 Å². The summed E-state index contributed by atoms with van der Waals surface area (Å²) in [5.74, 6) is 0.645. The van der Waals surface area contributed by atoms with Crippen molar-refractivity contribution in [1.29, 1.82) is 5.26 Å². The number of anilines is 1. The zero-order chi connectivity index (χ0) is 16.1. The molecule has 0 aliphatic carbocycles. The summed E-state index contributed by atoms with van der Waals surface area (Å²) < 4.78 is 5.08. The Morgan fingerprint density at radius 1 is 1.09 bits per heavy atom. The topological polar surface area (TPSA) is 65.3 Å². The van der Waals surface area contributed by atoms with Gasteiger partial charge in [0.25, 0.3) is 0 Å². The summed E-state index contributed by atoms with van der Waals surface area (Å²) >= 11 is 0. The monoisotopic (exact) mass is 309 g/mol. The molecule has 6 heteroatoms. The van der Waals surface area contributed by atoms with E-state index in [0.717, 1.165) is 38.4 Å². The number of rotatable bonds is 4. The van der Waals surface area contributed by atoms with Crippen LogP contribution in [0.2, 0.25) is 0 Å². The zero-order valence-corrected chi connectivity index (χ0v) is 13.1. The molecule has 1 aliphatic heterocycles. The van der Waals surface area contributed by atoms with Gasteiger partial charge >= 0.3 is 0 Å². The number of nitriles is 1. The van der Waals surface area contributed by atoms with E-state index in [2.05, 4.69) is 25.8 Å². The molecule has 0 unspecified atom stereocenters. The van der Waals surface area contributed by atoms with E-state index in [-0.39, 0.29) is 0 Å². The first-order valence-corrected chi connectivity index (χ1v) is 7.61. The predicted molar refractivity (Wildman–Crippen MR) is 87.2 cm³/mol. The zero-order valence-electron chi connectivity index (χ0n) is 13.1. The van der Waals surface area contributed by atoms with Crippen LogP contribution in [-0.2, 0) is 6.54 Å². The van der Waals surface area contributed by atoms with E-state index in [0.29, 0.717) is 11.6 Å². The minimum atomic E-state index is 0.458. The number of nitrogens with zero attached hydrogens (tertiary/aromatic N) is 5. The van der Waals surface area contributed by atoms with Crippen LogP contribution in [0.15, 0.2) is 36.7 Å². The highest BCUT2D eigenvalue weighted by molar-refractivity contribution is 5.46. The highest BCUT2D eigenvalue weighted by Crippen LogP contribution is 2.17. The lowest BCUT2D eigenvalue weighted by molar-refractivity contribution is 0.249. The van der Waals surface area contributed by atoms with Crippen LogP contribution in [0, 0.1) is 11.3 Å². The Hall–Kier alpha value is -2.65. The third-order valence-corrected chi connectivity index (χ3v) is 4.01. The average Bonchev–Trinajstić information content (AvgIpc) is 2.63. The largest absolute Gasteiger partial charge is 0.481 e. The molecule has 0 N–H and O–H groups in total. The van der Waals surface area contributed by atoms with Gasteiger partial charge in [-0.15, -0.1) is 0 Å². The van der Waals surface area contributed by atoms with Crippen molar-refractivity contribution in [2.75, 3.05) is 38.2 Å². The van der Waals surface area contributed by atoms with Crippen molar-refractivity contribution in [3.05, 3.63) is 47.9 Å². The Balaban J connectivity index is 1.54. The molecule has 0 aromatic carbocycles. The first-order valence-electron chi connectivity index (χ1n) is 7.61. The fraction of sp³-hybridized carbons (Fsp3) is 0.353. The van der Waals surface area contributed by atoms with E-state index < -0.39 is 0 Å². The van der Waals surface area contributed by atoms with Gasteiger partial charge in [-0.25, -0.2) is 9.97 Å². The van der Waals surface area contributed by atoms with Crippen molar-refractivity contribution in [3.8, 4) is 11.9 Å². The van der Waals surface area contributed by atoms with E-state index in [9.17, 15) is 0 Å². The highest BCUT2D eigenvalue weighted by atomic mass is 16.5. The number of aromatic nitrogens is 2. The maximum Gasteiger partial charge on any atom is 0.212 e. The Kier molecular flexibility index (Phi) is 4.69. The molecule has 2 aromatic heterocycles. The second kappa shape index (κ2) is 7.07. The van der Waals surface area contributed by atoms with E-state index in [1.54, 1.807) is 19.4 Å². The molecule has 0 radical (unpaired) electrons. The molecule has 3 rings (SSSR count). The molecule has 1 fully saturated rings. The highest BCUT2D eigenvalue weighted by Gasteiger charge is 2.17. The van der Waals surface area contributed by atoms with Gasteiger partial charge in [-0.2, -0.15) is 5.26 Å². The molecule has 0 amide bonds. The van der Waals surface area contributed by atoms with Crippen LogP contribution >= 0.6 is 0 Å². The molecule has 2 aromatic rings. The summed E-state index contributed by atoms with van der Waals surface area (Å²) in [6.45, 7) is 4.79. The Bertz CT molecular complexity index is 670. The first kappa shape index (κ1) is 15.3.